The molecule has 0 aromatic carbocycles. The van der Waals surface area contributed by atoms with Crippen molar-refractivity contribution < 1.29 is 18.0 Å². The Balaban J connectivity index is 1.64. The predicted molar refractivity (Wildman–Crippen MR) is 90.7 cm³/mol. The highest BCUT2D eigenvalue weighted by Gasteiger charge is 2.34. The summed E-state index contributed by atoms with van der Waals surface area (Å²) in [5, 5.41) is 9.90. The second kappa shape index (κ2) is 6.20. The summed E-state index contributed by atoms with van der Waals surface area (Å²) in [5.74, 6) is -0.475. The molecule has 0 spiro atoms. The quantitative estimate of drug-likeness (QED) is 0.641. The number of rotatable bonds is 3. The van der Waals surface area contributed by atoms with Crippen LogP contribution in [-0.4, -0.2) is 38.1 Å². The van der Waals surface area contributed by atoms with E-state index in [-0.39, 0.29) is 23.2 Å². The van der Waals surface area contributed by atoms with Gasteiger partial charge in [0, 0.05) is 11.8 Å². The summed E-state index contributed by atoms with van der Waals surface area (Å²) >= 11 is 0. The van der Waals surface area contributed by atoms with Crippen LogP contribution in [0.1, 0.15) is 12.0 Å². The summed E-state index contributed by atoms with van der Waals surface area (Å²) in [6.07, 6.45) is -1.14. The SMILES string of the molecule is Nc1ncc(-c2ccc3nc(NC(=O)C4CCN4)cn3n2)cc1C(F)(F)F. The number of pyridine rings is 1. The van der Waals surface area contributed by atoms with Gasteiger partial charge in [-0.1, -0.05) is 0 Å². The van der Waals surface area contributed by atoms with E-state index in [9.17, 15) is 18.0 Å². The number of carbonyl (C=O) groups excluding carboxylic acids is 1. The zero-order valence-electron chi connectivity index (χ0n) is 13.8. The van der Waals surface area contributed by atoms with Gasteiger partial charge in [-0.25, -0.2) is 14.5 Å². The Morgan fingerprint density at radius 2 is 2.15 bits per heavy atom. The molecule has 0 bridgehead atoms. The first-order valence-corrected chi connectivity index (χ1v) is 8.05. The normalized spacial score (nSPS) is 16.9. The molecule has 140 valence electrons. The Morgan fingerprint density at radius 3 is 2.81 bits per heavy atom. The highest BCUT2D eigenvalue weighted by atomic mass is 19.4. The van der Waals surface area contributed by atoms with Crippen LogP contribution in [0.4, 0.5) is 24.8 Å². The molecule has 1 aliphatic rings. The number of alkyl halides is 3. The van der Waals surface area contributed by atoms with E-state index in [0.717, 1.165) is 19.0 Å². The summed E-state index contributed by atoms with van der Waals surface area (Å²) in [6.45, 7) is 0.795. The largest absolute Gasteiger partial charge is 0.419 e. The van der Waals surface area contributed by atoms with Gasteiger partial charge in [0.25, 0.3) is 0 Å². The first-order valence-electron chi connectivity index (χ1n) is 8.05. The third kappa shape index (κ3) is 3.28. The fourth-order valence-corrected chi connectivity index (χ4v) is 2.66. The summed E-state index contributed by atoms with van der Waals surface area (Å²) in [6, 6.07) is 3.77. The first kappa shape index (κ1) is 17.2. The van der Waals surface area contributed by atoms with Crippen molar-refractivity contribution in [3.63, 3.8) is 0 Å². The molecule has 27 heavy (non-hydrogen) atoms. The summed E-state index contributed by atoms with van der Waals surface area (Å²) < 4.78 is 40.4. The van der Waals surface area contributed by atoms with E-state index in [4.69, 9.17) is 5.73 Å². The molecule has 4 heterocycles. The van der Waals surface area contributed by atoms with Crippen molar-refractivity contribution in [2.24, 2.45) is 0 Å². The van der Waals surface area contributed by atoms with Crippen LogP contribution < -0.4 is 16.4 Å². The van der Waals surface area contributed by atoms with E-state index >= 15 is 0 Å². The van der Waals surface area contributed by atoms with Crippen LogP contribution in [0.2, 0.25) is 0 Å². The van der Waals surface area contributed by atoms with Crippen LogP contribution >= 0.6 is 0 Å². The second-order valence-electron chi connectivity index (χ2n) is 6.09. The second-order valence-corrected chi connectivity index (χ2v) is 6.09. The van der Waals surface area contributed by atoms with Gasteiger partial charge in [-0.05, 0) is 31.2 Å². The van der Waals surface area contributed by atoms with E-state index in [0.29, 0.717) is 11.5 Å². The van der Waals surface area contributed by atoms with Crippen molar-refractivity contribution >= 4 is 23.2 Å². The molecule has 1 fully saturated rings. The van der Waals surface area contributed by atoms with E-state index in [1.807, 2.05) is 0 Å². The lowest BCUT2D eigenvalue weighted by Crippen LogP contribution is -2.50. The van der Waals surface area contributed by atoms with Crippen molar-refractivity contribution in [2.45, 2.75) is 18.6 Å². The number of nitrogens with zero attached hydrogens (tertiary/aromatic N) is 4. The van der Waals surface area contributed by atoms with Crippen LogP contribution in [0, 0.1) is 0 Å². The number of carbonyl (C=O) groups is 1. The number of aromatic nitrogens is 4. The van der Waals surface area contributed by atoms with Crippen LogP contribution in [-0.2, 0) is 11.0 Å². The number of halogens is 3. The van der Waals surface area contributed by atoms with Crippen LogP contribution in [0.25, 0.3) is 16.9 Å². The fourth-order valence-electron chi connectivity index (χ4n) is 2.66. The van der Waals surface area contributed by atoms with Gasteiger partial charge in [-0.3, -0.25) is 4.79 Å². The fraction of sp³-hybridized carbons (Fsp3) is 0.250. The Kier molecular flexibility index (Phi) is 3.95. The van der Waals surface area contributed by atoms with E-state index in [1.165, 1.54) is 23.0 Å². The lowest BCUT2D eigenvalue weighted by molar-refractivity contribution is -0.137. The molecule has 0 saturated carbocycles. The van der Waals surface area contributed by atoms with Crippen LogP contribution in [0.15, 0.2) is 30.6 Å². The minimum Gasteiger partial charge on any atom is -0.383 e. The third-order valence-corrected chi connectivity index (χ3v) is 4.23. The molecule has 3 aromatic rings. The summed E-state index contributed by atoms with van der Waals surface area (Å²) in [4.78, 5) is 19.8. The minimum absolute atomic E-state index is 0.163. The van der Waals surface area contributed by atoms with E-state index in [1.54, 1.807) is 6.07 Å². The first-order chi connectivity index (χ1) is 12.8. The molecular weight excluding hydrogens is 363 g/mol. The van der Waals surface area contributed by atoms with Crippen molar-refractivity contribution in [2.75, 3.05) is 17.6 Å². The predicted octanol–water partition coefficient (Wildman–Crippen LogP) is 1.69. The van der Waals surface area contributed by atoms with Gasteiger partial charge in [-0.2, -0.15) is 18.3 Å². The number of nitrogens with one attached hydrogen (secondary N) is 2. The zero-order chi connectivity index (χ0) is 19.2. The lowest BCUT2D eigenvalue weighted by Gasteiger charge is -2.25. The molecule has 1 aliphatic heterocycles. The van der Waals surface area contributed by atoms with E-state index < -0.39 is 17.6 Å². The molecule has 4 N–H and O–H groups in total. The van der Waals surface area contributed by atoms with Gasteiger partial charge in [0.05, 0.1) is 23.5 Å². The molecular formula is C16H14F3N7O. The molecule has 8 nitrogen and oxygen atoms in total. The number of nitrogen functional groups attached to an aromatic ring is 1. The van der Waals surface area contributed by atoms with Gasteiger partial charge in [0.1, 0.15) is 5.82 Å². The van der Waals surface area contributed by atoms with Crippen molar-refractivity contribution in [3.8, 4) is 11.3 Å². The summed E-state index contributed by atoms with van der Waals surface area (Å²) in [5.41, 5.74) is 5.17. The average Bonchev–Trinajstić information content (AvgIpc) is 2.93. The number of imidazole rings is 1. The molecule has 3 aromatic heterocycles. The highest BCUT2D eigenvalue weighted by Crippen LogP contribution is 2.34. The number of fused-ring (bicyclic) bond motifs is 1. The monoisotopic (exact) mass is 377 g/mol. The number of anilines is 2. The number of amides is 1. The molecule has 1 saturated heterocycles. The Bertz CT molecular complexity index is 1030. The number of nitrogens with two attached hydrogens (primary N) is 1. The Morgan fingerprint density at radius 1 is 1.37 bits per heavy atom. The molecule has 1 amide bonds. The van der Waals surface area contributed by atoms with Gasteiger partial charge < -0.3 is 16.4 Å². The van der Waals surface area contributed by atoms with Crippen molar-refractivity contribution in [1.82, 2.24) is 24.9 Å². The van der Waals surface area contributed by atoms with E-state index in [2.05, 4.69) is 25.7 Å². The van der Waals surface area contributed by atoms with Crippen LogP contribution in [0.5, 0.6) is 0 Å². The molecule has 11 heteroatoms. The van der Waals surface area contributed by atoms with Gasteiger partial charge in [0.15, 0.2) is 11.5 Å². The maximum absolute atomic E-state index is 13.0. The standard InChI is InChI=1S/C16H14F3N7O/c17-16(18,19)9-5-8(6-22-14(9)20)10-1-2-13-23-12(7-26(13)25-10)24-15(27)11-3-4-21-11/h1-2,5-7,11,21H,3-4H2,(H2,20,22)(H,24,27). The Labute approximate surface area is 150 Å². The lowest BCUT2D eigenvalue weighted by atomic mass is 10.1. The van der Waals surface area contributed by atoms with Crippen molar-refractivity contribution in [3.05, 3.63) is 36.2 Å². The highest BCUT2D eigenvalue weighted by molar-refractivity contribution is 5.94. The third-order valence-electron chi connectivity index (χ3n) is 4.23. The molecule has 1 unspecified atom stereocenters. The minimum atomic E-state index is -4.61. The van der Waals surface area contributed by atoms with Gasteiger partial charge >= 0.3 is 6.18 Å². The molecule has 0 radical (unpaired) electrons. The molecule has 1 atom stereocenters. The Hall–Kier alpha value is -3.21. The average molecular weight is 377 g/mol. The van der Waals surface area contributed by atoms with Crippen LogP contribution in [0.3, 0.4) is 0 Å². The molecule has 0 aliphatic carbocycles. The maximum Gasteiger partial charge on any atom is 0.419 e. The maximum atomic E-state index is 13.0. The van der Waals surface area contributed by atoms with Gasteiger partial charge in [-0.15, -0.1) is 0 Å². The number of hydrogen-bond acceptors (Lipinski definition) is 6. The summed E-state index contributed by atoms with van der Waals surface area (Å²) in [7, 11) is 0. The molecule has 4 rings (SSSR count). The smallest absolute Gasteiger partial charge is 0.383 e. The van der Waals surface area contributed by atoms with Gasteiger partial charge in [0.2, 0.25) is 5.91 Å². The van der Waals surface area contributed by atoms with Crippen molar-refractivity contribution in [1.29, 1.82) is 0 Å². The number of hydrogen-bond donors (Lipinski definition) is 3. The zero-order valence-corrected chi connectivity index (χ0v) is 13.8. The topological polar surface area (TPSA) is 110 Å².